The number of nitrogen functional groups attached to an aromatic ring is 1. The smallest absolute Gasteiger partial charge is 0.255 e. The van der Waals surface area contributed by atoms with Crippen LogP contribution in [0, 0.1) is 5.41 Å². The summed E-state index contributed by atoms with van der Waals surface area (Å²) in [6.45, 7) is 7.07. The first-order valence-electron chi connectivity index (χ1n) is 6.40. The third-order valence-corrected chi connectivity index (χ3v) is 2.99. The molecule has 3 N–H and O–H groups in total. The largest absolute Gasteiger partial charge is 0.399 e. The maximum atomic E-state index is 12.5. The fourth-order valence-electron chi connectivity index (χ4n) is 2.31. The van der Waals surface area contributed by atoms with Crippen LogP contribution in [-0.2, 0) is 0 Å². The van der Waals surface area contributed by atoms with E-state index in [4.69, 9.17) is 5.73 Å². The molecule has 2 rings (SSSR count). The Morgan fingerprint density at radius 2 is 2.05 bits per heavy atom. The molecule has 0 radical (unpaired) electrons. The van der Waals surface area contributed by atoms with Gasteiger partial charge in [-0.05, 0) is 23.6 Å². The third-order valence-electron chi connectivity index (χ3n) is 2.99. The summed E-state index contributed by atoms with van der Waals surface area (Å²) in [6.07, 6.45) is 1.76. The predicted octanol–water partition coefficient (Wildman–Crippen LogP) is 2.87. The van der Waals surface area contributed by atoms with Gasteiger partial charge in [-0.1, -0.05) is 20.8 Å². The molecular formula is C15H21N3O. The summed E-state index contributed by atoms with van der Waals surface area (Å²) in [4.78, 5) is 17.3. The molecule has 0 aliphatic heterocycles. The number of carbonyl (C=O) groups excluding carboxylic acids is 1. The lowest BCUT2D eigenvalue weighted by Crippen LogP contribution is -2.34. The summed E-state index contributed by atoms with van der Waals surface area (Å²) in [6, 6.07) is 5.55. The highest BCUT2D eigenvalue weighted by Gasteiger charge is 2.21. The first kappa shape index (κ1) is 13.5. The number of nitrogens with zero attached hydrogens (tertiary/aromatic N) is 1. The number of carbonyl (C=O) groups is 1. The van der Waals surface area contributed by atoms with Crippen molar-refractivity contribution < 1.29 is 4.79 Å². The number of hydrogen-bond donors (Lipinski definition) is 2. The lowest BCUT2D eigenvalue weighted by molar-refractivity contribution is 0.0747. The van der Waals surface area contributed by atoms with E-state index in [1.807, 2.05) is 25.2 Å². The van der Waals surface area contributed by atoms with E-state index in [0.717, 1.165) is 10.9 Å². The lowest BCUT2D eigenvalue weighted by atomic mass is 9.96. The maximum Gasteiger partial charge on any atom is 0.255 e. The van der Waals surface area contributed by atoms with Crippen molar-refractivity contribution in [2.45, 2.75) is 20.8 Å². The Morgan fingerprint density at radius 1 is 1.37 bits per heavy atom. The number of benzene rings is 1. The molecule has 0 spiro atoms. The number of fused-ring (bicyclic) bond motifs is 1. The van der Waals surface area contributed by atoms with E-state index in [2.05, 4.69) is 25.8 Å². The van der Waals surface area contributed by atoms with Crippen molar-refractivity contribution in [2.75, 3.05) is 19.3 Å². The second kappa shape index (κ2) is 4.61. The minimum absolute atomic E-state index is 0.0333. The quantitative estimate of drug-likeness (QED) is 0.815. The van der Waals surface area contributed by atoms with E-state index in [9.17, 15) is 4.79 Å². The number of nitrogens with two attached hydrogens (primary N) is 1. The van der Waals surface area contributed by atoms with Crippen LogP contribution in [0.2, 0.25) is 0 Å². The Balaban J connectivity index is 2.32. The van der Waals surface area contributed by atoms with Crippen LogP contribution in [0.5, 0.6) is 0 Å². The molecule has 102 valence electrons. The molecule has 0 atom stereocenters. The van der Waals surface area contributed by atoms with Crippen molar-refractivity contribution in [3.05, 3.63) is 30.0 Å². The summed E-state index contributed by atoms with van der Waals surface area (Å²) < 4.78 is 0. The van der Waals surface area contributed by atoms with Gasteiger partial charge in [0.25, 0.3) is 5.91 Å². The number of anilines is 1. The Hall–Kier alpha value is -1.97. The topological polar surface area (TPSA) is 62.1 Å². The van der Waals surface area contributed by atoms with Gasteiger partial charge in [0, 0.05) is 36.4 Å². The van der Waals surface area contributed by atoms with Crippen LogP contribution in [-0.4, -0.2) is 29.4 Å². The van der Waals surface area contributed by atoms with Gasteiger partial charge < -0.3 is 15.6 Å². The van der Waals surface area contributed by atoms with E-state index in [-0.39, 0.29) is 11.3 Å². The lowest BCUT2D eigenvalue weighted by Gasteiger charge is -2.26. The molecule has 2 aromatic rings. The first-order chi connectivity index (χ1) is 8.78. The summed E-state index contributed by atoms with van der Waals surface area (Å²) >= 11 is 0. The highest BCUT2D eigenvalue weighted by molar-refractivity contribution is 6.07. The monoisotopic (exact) mass is 259 g/mol. The number of H-pyrrole nitrogens is 1. The maximum absolute atomic E-state index is 12.5. The van der Waals surface area contributed by atoms with Crippen molar-refractivity contribution in [3.8, 4) is 0 Å². The number of nitrogens with one attached hydrogen (secondary N) is 1. The number of aromatic amines is 1. The molecule has 0 bridgehead atoms. The van der Waals surface area contributed by atoms with Gasteiger partial charge >= 0.3 is 0 Å². The van der Waals surface area contributed by atoms with Crippen molar-refractivity contribution >= 4 is 22.5 Å². The minimum atomic E-state index is 0.0333. The van der Waals surface area contributed by atoms with Crippen LogP contribution < -0.4 is 5.73 Å². The number of amides is 1. The van der Waals surface area contributed by atoms with E-state index < -0.39 is 0 Å². The van der Waals surface area contributed by atoms with Crippen LogP contribution in [0.4, 0.5) is 5.69 Å². The Kier molecular flexibility index (Phi) is 3.27. The fourth-order valence-corrected chi connectivity index (χ4v) is 2.31. The van der Waals surface area contributed by atoms with Crippen molar-refractivity contribution in [1.82, 2.24) is 9.88 Å². The highest BCUT2D eigenvalue weighted by Crippen LogP contribution is 2.23. The zero-order valence-electron chi connectivity index (χ0n) is 11.9. The van der Waals surface area contributed by atoms with Crippen LogP contribution >= 0.6 is 0 Å². The normalized spacial score (nSPS) is 11.8. The van der Waals surface area contributed by atoms with E-state index in [1.54, 1.807) is 11.1 Å². The summed E-state index contributed by atoms with van der Waals surface area (Å²) in [5, 5.41) is 0.917. The molecular weight excluding hydrogens is 238 g/mol. The third kappa shape index (κ3) is 2.89. The van der Waals surface area contributed by atoms with Crippen LogP contribution in [0.1, 0.15) is 31.1 Å². The molecule has 4 nitrogen and oxygen atoms in total. The molecule has 1 heterocycles. The molecule has 1 aromatic heterocycles. The standard InChI is InChI=1S/C15H21N3O/c1-15(2,3)9-18(4)14(19)12-8-17-13-7-10(16)5-6-11(12)13/h5-8,17H,9,16H2,1-4H3. The molecule has 4 heteroatoms. The molecule has 0 fully saturated rings. The molecule has 0 unspecified atom stereocenters. The molecule has 1 amide bonds. The molecule has 0 aliphatic rings. The fraction of sp³-hybridized carbons (Fsp3) is 0.400. The molecule has 19 heavy (non-hydrogen) atoms. The summed E-state index contributed by atoms with van der Waals surface area (Å²) in [5.41, 5.74) is 8.10. The van der Waals surface area contributed by atoms with Crippen LogP contribution in [0.25, 0.3) is 10.9 Å². The van der Waals surface area contributed by atoms with E-state index in [1.165, 1.54) is 0 Å². The van der Waals surface area contributed by atoms with E-state index in [0.29, 0.717) is 17.8 Å². The van der Waals surface area contributed by atoms with Gasteiger partial charge in [-0.25, -0.2) is 0 Å². The van der Waals surface area contributed by atoms with Gasteiger partial charge in [-0.15, -0.1) is 0 Å². The number of rotatable bonds is 2. The second-order valence-electron chi connectivity index (χ2n) is 6.23. The zero-order chi connectivity index (χ0) is 14.2. The van der Waals surface area contributed by atoms with Crippen LogP contribution in [0.15, 0.2) is 24.4 Å². The average molecular weight is 259 g/mol. The molecule has 0 aliphatic carbocycles. The zero-order valence-corrected chi connectivity index (χ0v) is 11.9. The van der Waals surface area contributed by atoms with Gasteiger partial charge in [0.15, 0.2) is 0 Å². The average Bonchev–Trinajstić information content (AvgIpc) is 2.68. The van der Waals surface area contributed by atoms with Crippen LogP contribution in [0.3, 0.4) is 0 Å². The Morgan fingerprint density at radius 3 is 2.68 bits per heavy atom. The Bertz CT molecular complexity index is 607. The first-order valence-corrected chi connectivity index (χ1v) is 6.40. The highest BCUT2D eigenvalue weighted by atomic mass is 16.2. The minimum Gasteiger partial charge on any atom is -0.399 e. The van der Waals surface area contributed by atoms with Gasteiger partial charge in [-0.2, -0.15) is 0 Å². The number of hydrogen-bond acceptors (Lipinski definition) is 2. The summed E-state index contributed by atoms with van der Waals surface area (Å²) in [5.74, 6) is 0.0333. The Labute approximate surface area is 113 Å². The molecule has 0 saturated carbocycles. The van der Waals surface area contributed by atoms with E-state index >= 15 is 0 Å². The van der Waals surface area contributed by atoms with Crippen molar-refractivity contribution in [2.24, 2.45) is 5.41 Å². The summed E-state index contributed by atoms with van der Waals surface area (Å²) in [7, 11) is 1.84. The molecule has 0 saturated heterocycles. The van der Waals surface area contributed by atoms with Gasteiger partial charge in [0.2, 0.25) is 0 Å². The molecule has 1 aromatic carbocycles. The second-order valence-corrected chi connectivity index (χ2v) is 6.23. The van der Waals surface area contributed by atoms with Gasteiger partial charge in [0.1, 0.15) is 0 Å². The SMILES string of the molecule is CN(CC(C)(C)C)C(=O)c1c[nH]c2cc(N)ccc12. The van der Waals surface area contributed by atoms with Crippen molar-refractivity contribution in [1.29, 1.82) is 0 Å². The van der Waals surface area contributed by atoms with Crippen molar-refractivity contribution in [3.63, 3.8) is 0 Å². The number of aromatic nitrogens is 1. The van der Waals surface area contributed by atoms with Gasteiger partial charge in [-0.3, -0.25) is 4.79 Å². The predicted molar refractivity (Wildman–Crippen MR) is 79.1 cm³/mol. The van der Waals surface area contributed by atoms with Gasteiger partial charge in [0.05, 0.1) is 5.56 Å².